The van der Waals surface area contributed by atoms with E-state index in [1.165, 1.54) is 0 Å². The largest absolute Gasteiger partial charge is 0.232 e. The maximum absolute atomic E-state index is 4.41. The zero-order chi connectivity index (χ0) is 11.0. The van der Waals surface area contributed by atoms with E-state index in [0.29, 0.717) is 0 Å². The van der Waals surface area contributed by atoms with Crippen molar-refractivity contribution in [2.75, 3.05) is 0 Å². The van der Waals surface area contributed by atoms with E-state index in [4.69, 9.17) is 0 Å². The summed E-state index contributed by atoms with van der Waals surface area (Å²) in [5.41, 5.74) is 2.18. The van der Waals surface area contributed by atoms with E-state index in [1.54, 1.807) is 0 Å². The Hall–Kier alpha value is -1.61. The second-order valence-corrected chi connectivity index (χ2v) is 4.42. The summed E-state index contributed by atoms with van der Waals surface area (Å²) >= 11 is 3.54. The van der Waals surface area contributed by atoms with Crippen molar-refractivity contribution in [2.24, 2.45) is 0 Å². The molecule has 2 aromatic carbocycles. The van der Waals surface area contributed by atoms with Gasteiger partial charge in [-0.1, -0.05) is 30.3 Å². The summed E-state index contributed by atoms with van der Waals surface area (Å²) in [4.78, 5) is 0. The molecule has 0 aliphatic rings. The van der Waals surface area contributed by atoms with Crippen LogP contribution in [0.5, 0.6) is 0 Å². The van der Waals surface area contributed by atoms with Crippen molar-refractivity contribution in [3.63, 3.8) is 0 Å². The molecule has 1 aromatic heterocycles. The van der Waals surface area contributed by atoms with Crippen LogP contribution in [0.2, 0.25) is 0 Å². The lowest BCUT2D eigenvalue weighted by Gasteiger charge is -2.05. The van der Waals surface area contributed by atoms with Gasteiger partial charge in [-0.15, -0.1) is 0 Å². The summed E-state index contributed by atoms with van der Waals surface area (Å²) in [7, 11) is 0. The third-order valence-corrected chi connectivity index (χ3v) is 3.23. The Bertz CT molecular complexity index is 643. The SMILES string of the molecule is Brc1ccccc1-n1ncc2ccccc21. The zero-order valence-corrected chi connectivity index (χ0v) is 10.1. The van der Waals surface area contributed by atoms with Gasteiger partial charge in [0.25, 0.3) is 0 Å². The molecule has 0 spiro atoms. The average Bonchev–Trinajstić information content (AvgIpc) is 2.74. The Labute approximate surface area is 102 Å². The Morgan fingerprint density at radius 3 is 2.56 bits per heavy atom. The summed E-state index contributed by atoms with van der Waals surface area (Å²) < 4.78 is 2.99. The van der Waals surface area contributed by atoms with Gasteiger partial charge in [0.1, 0.15) is 0 Å². The highest BCUT2D eigenvalue weighted by Crippen LogP contribution is 2.23. The van der Waals surface area contributed by atoms with Gasteiger partial charge in [0.15, 0.2) is 0 Å². The van der Waals surface area contributed by atoms with Crippen LogP contribution in [-0.4, -0.2) is 9.78 Å². The molecule has 3 rings (SSSR count). The minimum absolute atomic E-state index is 1.05. The van der Waals surface area contributed by atoms with Crippen LogP contribution in [0.3, 0.4) is 0 Å². The molecule has 0 saturated carbocycles. The van der Waals surface area contributed by atoms with Crippen LogP contribution in [0.15, 0.2) is 59.2 Å². The predicted molar refractivity (Wildman–Crippen MR) is 68.8 cm³/mol. The number of hydrogen-bond acceptors (Lipinski definition) is 1. The lowest BCUT2D eigenvalue weighted by atomic mass is 10.2. The van der Waals surface area contributed by atoms with E-state index in [2.05, 4.69) is 33.2 Å². The first kappa shape index (κ1) is 9.60. The molecule has 3 aromatic rings. The molecular weight excluding hydrogens is 264 g/mol. The highest BCUT2D eigenvalue weighted by Gasteiger charge is 2.06. The van der Waals surface area contributed by atoms with Crippen molar-refractivity contribution < 1.29 is 0 Å². The highest BCUT2D eigenvalue weighted by molar-refractivity contribution is 9.10. The first-order chi connectivity index (χ1) is 7.86. The summed E-state index contributed by atoms with van der Waals surface area (Å²) in [6, 6.07) is 16.3. The molecule has 0 aliphatic carbocycles. The van der Waals surface area contributed by atoms with Crippen LogP contribution < -0.4 is 0 Å². The number of benzene rings is 2. The summed E-state index contributed by atoms with van der Waals surface area (Å²) in [5, 5.41) is 5.56. The van der Waals surface area contributed by atoms with Gasteiger partial charge >= 0.3 is 0 Å². The van der Waals surface area contributed by atoms with Crippen LogP contribution in [0.1, 0.15) is 0 Å². The number of halogens is 1. The number of para-hydroxylation sites is 2. The average molecular weight is 273 g/mol. The van der Waals surface area contributed by atoms with E-state index < -0.39 is 0 Å². The van der Waals surface area contributed by atoms with E-state index in [1.807, 2.05) is 47.3 Å². The van der Waals surface area contributed by atoms with Crippen LogP contribution >= 0.6 is 15.9 Å². The smallest absolute Gasteiger partial charge is 0.0794 e. The van der Waals surface area contributed by atoms with E-state index in [-0.39, 0.29) is 0 Å². The molecule has 0 aliphatic heterocycles. The fraction of sp³-hybridized carbons (Fsp3) is 0. The maximum Gasteiger partial charge on any atom is 0.0794 e. The first-order valence-corrected chi connectivity index (χ1v) is 5.83. The fourth-order valence-electron chi connectivity index (χ4n) is 1.79. The fourth-order valence-corrected chi connectivity index (χ4v) is 2.24. The standard InChI is InChI=1S/C13H9BrN2/c14-11-6-2-4-8-13(11)16-12-7-3-1-5-10(12)9-15-16/h1-9H. The van der Waals surface area contributed by atoms with Crippen molar-refractivity contribution in [3.8, 4) is 5.69 Å². The second kappa shape index (κ2) is 3.76. The Balaban J connectivity index is 2.31. The van der Waals surface area contributed by atoms with Gasteiger partial charge in [0, 0.05) is 9.86 Å². The molecule has 0 amide bonds. The number of aromatic nitrogens is 2. The van der Waals surface area contributed by atoms with Crippen molar-refractivity contribution in [1.82, 2.24) is 9.78 Å². The van der Waals surface area contributed by atoms with Crippen molar-refractivity contribution in [3.05, 3.63) is 59.2 Å². The van der Waals surface area contributed by atoms with Crippen LogP contribution in [0.4, 0.5) is 0 Å². The monoisotopic (exact) mass is 272 g/mol. The Morgan fingerprint density at radius 1 is 0.938 bits per heavy atom. The first-order valence-electron chi connectivity index (χ1n) is 5.04. The molecule has 0 atom stereocenters. The normalized spacial score (nSPS) is 10.8. The molecule has 0 unspecified atom stereocenters. The molecule has 1 heterocycles. The molecule has 0 bridgehead atoms. The number of nitrogens with zero attached hydrogens (tertiary/aromatic N) is 2. The van der Waals surface area contributed by atoms with Crippen molar-refractivity contribution >= 4 is 26.8 Å². The van der Waals surface area contributed by atoms with Gasteiger partial charge in [-0.25, -0.2) is 4.68 Å². The number of fused-ring (bicyclic) bond motifs is 1. The van der Waals surface area contributed by atoms with Gasteiger partial charge in [-0.2, -0.15) is 5.10 Å². The molecule has 0 saturated heterocycles. The van der Waals surface area contributed by atoms with E-state index in [9.17, 15) is 0 Å². The molecule has 16 heavy (non-hydrogen) atoms. The predicted octanol–water partition coefficient (Wildman–Crippen LogP) is 3.79. The molecule has 2 nitrogen and oxygen atoms in total. The summed E-state index contributed by atoms with van der Waals surface area (Å²) in [6.45, 7) is 0. The van der Waals surface area contributed by atoms with Crippen molar-refractivity contribution in [1.29, 1.82) is 0 Å². The van der Waals surface area contributed by atoms with Gasteiger partial charge in [-0.05, 0) is 34.1 Å². The lowest BCUT2D eigenvalue weighted by molar-refractivity contribution is 0.906. The topological polar surface area (TPSA) is 17.8 Å². The Kier molecular flexibility index (Phi) is 2.26. The quantitative estimate of drug-likeness (QED) is 0.659. The van der Waals surface area contributed by atoms with Crippen LogP contribution in [0, 0.1) is 0 Å². The molecule has 0 radical (unpaired) electrons. The third-order valence-electron chi connectivity index (χ3n) is 2.56. The molecular formula is C13H9BrN2. The van der Waals surface area contributed by atoms with E-state index >= 15 is 0 Å². The second-order valence-electron chi connectivity index (χ2n) is 3.57. The number of hydrogen-bond donors (Lipinski definition) is 0. The molecule has 0 fully saturated rings. The van der Waals surface area contributed by atoms with Crippen LogP contribution in [0.25, 0.3) is 16.6 Å². The maximum atomic E-state index is 4.41. The third kappa shape index (κ3) is 1.44. The number of rotatable bonds is 1. The molecule has 3 heteroatoms. The van der Waals surface area contributed by atoms with Gasteiger partial charge in [-0.3, -0.25) is 0 Å². The minimum atomic E-state index is 1.05. The Morgan fingerprint density at radius 2 is 1.69 bits per heavy atom. The zero-order valence-electron chi connectivity index (χ0n) is 8.47. The van der Waals surface area contributed by atoms with Gasteiger partial charge in [0.05, 0.1) is 17.4 Å². The van der Waals surface area contributed by atoms with Gasteiger partial charge in [0.2, 0.25) is 0 Å². The van der Waals surface area contributed by atoms with Crippen molar-refractivity contribution in [2.45, 2.75) is 0 Å². The van der Waals surface area contributed by atoms with Crippen LogP contribution in [-0.2, 0) is 0 Å². The molecule has 78 valence electrons. The lowest BCUT2D eigenvalue weighted by Crippen LogP contribution is -1.96. The van der Waals surface area contributed by atoms with Gasteiger partial charge < -0.3 is 0 Å². The summed E-state index contributed by atoms with van der Waals surface area (Å²) in [5.74, 6) is 0. The molecule has 0 N–H and O–H groups in total. The highest BCUT2D eigenvalue weighted by atomic mass is 79.9. The van der Waals surface area contributed by atoms with E-state index in [0.717, 1.165) is 21.1 Å². The summed E-state index contributed by atoms with van der Waals surface area (Å²) in [6.07, 6.45) is 1.88. The minimum Gasteiger partial charge on any atom is -0.232 e.